The van der Waals surface area contributed by atoms with Crippen LogP contribution in [0.2, 0.25) is 4.34 Å². The Hall–Kier alpha value is -3.34. The summed E-state index contributed by atoms with van der Waals surface area (Å²) >= 11 is 7.72. The predicted molar refractivity (Wildman–Crippen MR) is 142 cm³/mol. The number of rotatable bonds is 5. The lowest BCUT2D eigenvalue weighted by molar-refractivity contribution is 0.400. The van der Waals surface area contributed by atoms with E-state index in [1.807, 2.05) is 12.3 Å². The normalized spacial score (nSPS) is 11.0. The van der Waals surface area contributed by atoms with Crippen molar-refractivity contribution in [2.75, 3.05) is 26.1 Å². The zero-order valence-electron chi connectivity index (χ0n) is 18.7. The van der Waals surface area contributed by atoms with Crippen LogP contribution in [0.15, 0.2) is 84.4 Å². The molecule has 0 saturated heterocycles. The van der Waals surface area contributed by atoms with Crippen molar-refractivity contribution < 1.29 is 4.74 Å². The van der Waals surface area contributed by atoms with Crippen LogP contribution in [-0.4, -0.2) is 26.2 Å². The summed E-state index contributed by atoms with van der Waals surface area (Å²) in [6.45, 7) is 0. The van der Waals surface area contributed by atoms with E-state index in [1.165, 1.54) is 27.7 Å². The number of thiophene rings is 1. The Morgan fingerprint density at radius 1 is 0.818 bits per heavy atom. The van der Waals surface area contributed by atoms with Gasteiger partial charge in [-0.2, -0.15) is 0 Å². The van der Waals surface area contributed by atoms with Crippen LogP contribution in [-0.2, 0) is 0 Å². The van der Waals surface area contributed by atoms with E-state index in [2.05, 4.69) is 96.1 Å². The SMILES string of the molecule is COc1ncc(-c2csc(Cl)c2)cc1-c1ccc(N(C)C)cc1-c1cccc2ccccc12. The minimum Gasteiger partial charge on any atom is -0.481 e. The zero-order chi connectivity index (χ0) is 22.9. The Bertz CT molecular complexity index is 1450. The van der Waals surface area contributed by atoms with E-state index in [0.29, 0.717) is 5.88 Å². The van der Waals surface area contributed by atoms with Gasteiger partial charge in [0.2, 0.25) is 5.88 Å². The molecule has 0 saturated carbocycles. The third kappa shape index (κ3) is 4.08. The number of pyridine rings is 1. The van der Waals surface area contributed by atoms with Crippen LogP contribution in [0.3, 0.4) is 0 Å². The van der Waals surface area contributed by atoms with Gasteiger partial charge in [0, 0.05) is 42.5 Å². The van der Waals surface area contributed by atoms with Crippen LogP contribution >= 0.6 is 22.9 Å². The molecular formula is C28H23ClN2OS. The van der Waals surface area contributed by atoms with Crippen LogP contribution in [0.5, 0.6) is 5.88 Å². The quantitative estimate of drug-likeness (QED) is 0.260. The Labute approximate surface area is 202 Å². The van der Waals surface area contributed by atoms with Gasteiger partial charge in [0.25, 0.3) is 0 Å². The van der Waals surface area contributed by atoms with Crippen molar-refractivity contribution in [3.63, 3.8) is 0 Å². The van der Waals surface area contributed by atoms with E-state index in [1.54, 1.807) is 7.11 Å². The molecule has 0 aliphatic rings. The molecule has 3 nitrogen and oxygen atoms in total. The molecule has 0 radical (unpaired) electrons. The van der Waals surface area contributed by atoms with Gasteiger partial charge in [0.15, 0.2) is 0 Å². The van der Waals surface area contributed by atoms with E-state index in [-0.39, 0.29) is 0 Å². The summed E-state index contributed by atoms with van der Waals surface area (Å²) in [7, 11) is 5.79. The van der Waals surface area contributed by atoms with Crippen molar-refractivity contribution in [3.8, 4) is 39.3 Å². The standard InChI is InChI=1S/C28H23ClN2OS/c1-31(2)21-11-12-24(25(15-21)23-10-6-8-18-7-4-5-9-22(18)23)26-13-19(16-30-28(26)32-3)20-14-27(29)33-17-20/h4-17H,1-3H3. The fraction of sp³-hybridized carbons (Fsp3) is 0.107. The molecule has 0 amide bonds. The van der Waals surface area contributed by atoms with E-state index >= 15 is 0 Å². The molecule has 33 heavy (non-hydrogen) atoms. The fourth-order valence-corrected chi connectivity index (χ4v) is 5.05. The van der Waals surface area contributed by atoms with Gasteiger partial charge in [-0.25, -0.2) is 4.98 Å². The van der Waals surface area contributed by atoms with Crippen LogP contribution in [0.4, 0.5) is 5.69 Å². The summed E-state index contributed by atoms with van der Waals surface area (Å²) in [6, 6.07) is 25.6. The molecule has 0 atom stereocenters. The summed E-state index contributed by atoms with van der Waals surface area (Å²) in [4.78, 5) is 6.77. The maximum absolute atomic E-state index is 6.20. The van der Waals surface area contributed by atoms with Crippen molar-refractivity contribution in [2.45, 2.75) is 0 Å². The summed E-state index contributed by atoms with van der Waals surface area (Å²) in [6.07, 6.45) is 1.84. The van der Waals surface area contributed by atoms with Gasteiger partial charge in [-0.3, -0.25) is 0 Å². The molecular weight excluding hydrogens is 448 g/mol. The predicted octanol–water partition coefficient (Wildman–Crippen LogP) is 8.03. The average molecular weight is 471 g/mol. The Morgan fingerprint density at radius 2 is 1.64 bits per heavy atom. The number of methoxy groups -OCH3 is 1. The largest absolute Gasteiger partial charge is 0.481 e. The number of nitrogens with zero attached hydrogens (tertiary/aromatic N) is 2. The highest BCUT2D eigenvalue weighted by Crippen LogP contribution is 2.42. The van der Waals surface area contributed by atoms with E-state index in [4.69, 9.17) is 16.3 Å². The molecule has 0 spiro atoms. The van der Waals surface area contributed by atoms with Gasteiger partial charge in [0.1, 0.15) is 0 Å². The molecule has 164 valence electrons. The van der Waals surface area contributed by atoms with Gasteiger partial charge < -0.3 is 9.64 Å². The smallest absolute Gasteiger partial charge is 0.221 e. The topological polar surface area (TPSA) is 25.4 Å². The van der Waals surface area contributed by atoms with E-state index in [0.717, 1.165) is 37.8 Å². The van der Waals surface area contributed by atoms with Gasteiger partial charge in [-0.05, 0) is 57.3 Å². The highest BCUT2D eigenvalue weighted by Gasteiger charge is 2.17. The second kappa shape index (κ2) is 8.89. The highest BCUT2D eigenvalue weighted by atomic mass is 35.5. The lowest BCUT2D eigenvalue weighted by Crippen LogP contribution is -2.08. The van der Waals surface area contributed by atoms with Crippen molar-refractivity contribution in [2.24, 2.45) is 0 Å². The van der Waals surface area contributed by atoms with E-state index in [9.17, 15) is 0 Å². The summed E-state index contributed by atoms with van der Waals surface area (Å²) < 4.78 is 6.47. The van der Waals surface area contributed by atoms with Gasteiger partial charge >= 0.3 is 0 Å². The first-order valence-corrected chi connectivity index (χ1v) is 11.9. The van der Waals surface area contributed by atoms with Gasteiger partial charge in [-0.15, -0.1) is 11.3 Å². The van der Waals surface area contributed by atoms with Crippen molar-refractivity contribution in [3.05, 3.63) is 88.7 Å². The second-order valence-corrected chi connectivity index (χ2v) is 9.61. The number of benzene rings is 3. The molecule has 0 aliphatic heterocycles. The number of anilines is 1. The van der Waals surface area contributed by atoms with Crippen molar-refractivity contribution in [1.82, 2.24) is 4.98 Å². The van der Waals surface area contributed by atoms with Crippen LogP contribution < -0.4 is 9.64 Å². The number of aromatic nitrogens is 1. The third-order valence-electron chi connectivity index (χ3n) is 5.83. The van der Waals surface area contributed by atoms with Crippen LogP contribution in [0, 0.1) is 0 Å². The molecule has 0 aliphatic carbocycles. The maximum Gasteiger partial charge on any atom is 0.221 e. The maximum atomic E-state index is 6.20. The van der Waals surface area contributed by atoms with Gasteiger partial charge in [0.05, 0.1) is 11.4 Å². The second-order valence-electron chi connectivity index (χ2n) is 8.07. The number of ether oxygens (including phenoxy) is 1. The Kier molecular flexibility index (Phi) is 5.79. The first-order chi connectivity index (χ1) is 16.0. The molecule has 0 unspecified atom stereocenters. The summed E-state index contributed by atoms with van der Waals surface area (Å²) in [5.41, 5.74) is 7.54. The first kappa shape index (κ1) is 21.5. The minimum atomic E-state index is 0.596. The molecule has 0 N–H and O–H groups in total. The number of fused-ring (bicyclic) bond motifs is 1. The monoisotopic (exact) mass is 470 g/mol. The van der Waals surface area contributed by atoms with Crippen molar-refractivity contribution in [1.29, 1.82) is 0 Å². The first-order valence-electron chi connectivity index (χ1n) is 10.6. The molecule has 5 rings (SSSR count). The summed E-state index contributed by atoms with van der Waals surface area (Å²) in [5.74, 6) is 0.596. The highest BCUT2D eigenvalue weighted by molar-refractivity contribution is 7.14. The number of hydrogen-bond acceptors (Lipinski definition) is 4. The van der Waals surface area contributed by atoms with Gasteiger partial charge in [-0.1, -0.05) is 60.1 Å². The third-order valence-corrected chi connectivity index (χ3v) is 6.93. The summed E-state index contributed by atoms with van der Waals surface area (Å²) in [5, 5.41) is 4.48. The van der Waals surface area contributed by atoms with Crippen molar-refractivity contribution >= 4 is 39.4 Å². The number of halogens is 1. The lowest BCUT2D eigenvalue weighted by atomic mass is 9.90. The molecule has 0 bridgehead atoms. The molecule has 2 heterocycles. The van der Waals surface area contributed by atoms with Crippen LogP contribution in [0.1, 0.15) is 0 Å². The average Bonchev–Trinajstić information content (AvgIpc) is 3.29. The molecule has 5 aromatic rings. The molecule has 3 aromatic carbocycles. The Balaban J connectivity index is 1.79. The minimum absolute atomic E-state index is 0.596. The number of hydrogen-bond donors (Lipinski definition) is 0. The Morgan fingerprint density at radius 3 is 2.39 bits per heavy atom. The lowest BCUT2D eigenvalue weighted by Gasteiger charge is -2.19. The van der Waals surface area contributed by atoms with Crippen LogP contribution in [0.25, 0.3) is 44.2 Å². The molecule has 0 fully saturated rings. The fourth-order valence-electron chi connectivity index (χ4n) is 4.16. The zero-order valence-corrected chi connectivity index (χ0v) is 20.2. The molecule has 5 heteroatoms. The van der Waals surface area contributed by atoms with E-state index < -0.39 is 0 Å². The molecule has 2 aromatic heterocycles.